The average Bonchev–Trinajstić information content (AvgIpc) is 2.12. The minimum absolute atomic E-state index is 0.646. The van der Waals surface area contributed by atoms with Gasteiger partial charge in [0.2, 0.25) is 0 Å². The summed E-state index contributed by atoms with van der Waals surface area (Å²) in [6, 6.07) is 0.646. The van der Waals surface area contributed by atoms with E-state index in [-0.39, 0.29) is 0 Å². The fourth-order valence-electron chi connectivity index (χ4n) is 1.70. The lowest BCUT2D eigenvalue weighted by atomic mass is 10.2. The van der Waals surface area contributed by atoms with Crippen molar-refractivity contribution in [1.29, 1.82) is 0 Å². The van der Waals surface area contributed by atoms with Crippen LogP contribution in [0.4, 0.5) is 0 Å². The summed E-state index contributed by atoms with van der Waals surface area (Å²) in [6.07, 6.45) is 1.26. The molecule has 0 aromatic carbocycles. The molecule has 0 rings (SSSR count). The van der Waals surface area contributed by atoms with E-state index in [9.17, 15) is 0 Å². The standard InChI is InChI=1S/C11H27N3/c1-6-14(11(2)10-12-3)9-7-8-13(4)5/h11-12H,6-10H2,1-5H3. The summed E-state index contributed by atoms with van der Waals surface area (Å²) in [5.41, 5.74) is 0. The van der Waals surface area contributed by atoms with Gasteiger partial charge in [0, 0.05) is 12.6 Å². The van der Waals surface area contributed by atoms with Crippen LogP contribution in [-0.2, 0) is 0 Å². The van der Waals surface area contributed by atoms with Crippen molar-refractivity contribution in [1.82, 2.24) is 15.1 Å². The van der Waals surface area contributed by atoms with Crippen LogP contribution in [0.25, 0.3) is 0 Å². The lowest BCUT2D eigenvalue weighted by Crippen LogP contribution is -2.40. The summed E-state index contributed by atoms with van der Waals surface area (Å²) in [4.78, 5) is 4.77. The number of hydrogen-bond donors (Lipinski definition) is 1. The van der Waals surface area contributed by atoms with Crippen molar-refractivity contribution in [3.63, 3.8) is 0 Å². The molecular weight excluding hydrogens is 174 g/mol. The number of likely N-dealkylation sites (N-methyl/N-ethyl adjacent to an activating group) is 2. The SMILES string of the molecule is CCN(CCCN(C)C)C(C)CNC. The van der Waals surface area contributed by atoms with E-state index in [0.29, 0.717) is 6.04 Å². The Kier molecular flexibility index (Phi) is 8.14. The molecule has 0 fully saturated rings. The molecule has 0 aliphatic carbocycles. The quantitative estimate of drug-likeness (QED) is 0.628. The van der Waals surface area contributed by atoms with Crippen molar-refractivity contribution in [2.24, 2.45) is 0 Å². The number of hydrogen-bond acceptors (Lipinski definition) is 3. The smallest absolute Gasteiger partial charge is 0.0192 e. The maximum absolute atomic E-state index is 3.23. The van der Waals surface area contributed by atoms with Gasteiger partial charge < -0.3 is 10.2 Å². The van der Waals surface area contributed by atoms with Gasteiger partial charge >= 0.3 is 0 Å². The van der Waals surface area contributed by atoms with Crippen LogP contribution in [0.15, 0.2) is 0 Å². The molecule has 0 heterocycles. The van der Waals surface area contributed by atoms with Crippen molar-refractivity contribution in [2.45, 2.75) is 26.3 Å². The van der Waals surface area contributed by atoms with Crippen LogP contribution in [-0.4, -0.2) is 63.2 Å². The first kappa shape index (κ1) is 13.9. The summed E-state index contributed by atoms with van der Waals surface area (Å²) in [5.74, 6) is 0. The monoisotopic (exact) mass is 201 g/mol. The third kappa shape index (κ3) is 6.35. The highest BCUT2D eigenvalue weighted by Gasteiger charge is 2.09. The molecule has 0 bridgehead atoms. The van der Waals surface area contributed by atoms with Crippen molar-refractivity contribution in [3.05, 3.63) is 0 Å². The Morgan fingerprint density at radius 3 is 2.29 bits per heavy atom. The Hall–Kier alpha value is -0.120. The van der Waals surface area contributed by atoms with Gasteiger partial charge in [-0.05, 0) is 54.1 Å². The van der Waals surface area contributed by atoms with Crippen LogP contribution in [0.3, 0.4) is 0 Å². The van der Waals surface area contributed by atoms with E-state index >= 15 is 0 Å². The van der Waals surface area contributed by atoms with Crippen LogP contribution < -0.4 is 5.32 Å². The second-order valence-corrected chi connectivity index (χ2v) is 4.19. The van der Waals surface area contributed by atoms with E-state index in [4.69, 9.17) is 0 Å². The Labute approximate surface area is 89.5 Å². The van der Waals surface area contributed by atoms with E-state index < -0.39 is 0 Å². The van der Waals surface area contributed by atoms with E-state index in [0.717, 1.165) is 13.1 Å². The molecule has 0 amide bonds. The van der Waals surface area contributed by atoms with Gasteiger partial charge in [-0.3, -0.25) is 4.90 Å². The Bertz CT molecular complexity index is 126. The number of nitrogens with zero attached hydrogens (tertiary/aromatic N) is 2. The van der Waals surface area contributed by atoms with Gasteiger partial charge in [0.05, 0.1) is 0 Å². The second-order valence-electron chi connectivity index (χ2n) is 4.19. The predicted octanol–water partition coefficient (Wildman–Crippen LogP) is 0.868. The molecule has 3 heteroatoms. The largest absolute Gasteiger partial charge is 0.318 e. The molecule has 0 aliphatic rings. The maximum atomic E-state index is 3.23. The Balaban J connectivity index is 3.66. The van der Waals surface area contributed by atoms with Crippen molar-refractivity contribution in [2.75, 3.05) is 47.3 Å². The zero-order valence-electron chi connectivity index (χ0n) is 10.5. The summed E-state index contributed by atoms with van der Waals surface area (Å²) < 4.78 is 0. The highest BCUT2D eigenvalue weighted by molar-refractivity contribution is 4.67. The normalized spacial score (nSPS) is 13.9. The minimum atomic E-state index is 0.646. The molecule has 86 valence electrons. The van der Waals surface area contributed by atoms with Gasteiger partial charge in [-0.2, -0.15) is 0 Å². The summed E-state index contributed by atoms with van der Waals surface area (Å²) in [6.45, 7) is 9.14. The third-order valence-corrected chi connectivity index (χ3v) is 2.58. The number of nitrogens with one attached hydrogen (secondary N) is 1. The van der Waals surface area contributed by atoms with Crippen molar-refractivity contribution in [3.8, 4) is 0 Å². The molecular formula is C11H27N3. The van der Waals surface area contributed by atoms with E-state index in [1.165, 1.54) is 19.5 Å². The first-order valence-corrected chi connectivity index (χ1v) is 5.65. The fraction of sp³-hybridized carbons (Fsp3) is 1.00. The maximum Gasteiger partial charge on any atom is 0.0192 e. The predicted molar refractivity (Wildman–Crippen MR) is 63.8 cm³/mol. The summed E-state index contributed by atoms with van der Waals surface area (Å²) in [7, 11) is 6.28. The molecule has 0 aromatic heterocycles. The van der Waals surface area contributed by atoms with Crippen LogP contribution in [0.5, 0.6) is 0 Å². The molecule has 0 saturated carbocycles. The minimum Gasteiger partial charge on any atom is -0.318 e. The van der Waals surface area contributed by atoms with Gasteiger partial charge in [-0.15, -0.1) is 0 Å². The van der Waals surface area contributed by atoms with Gasteiger partial charge in [0.25, 0.3) is 0 Å². The molecule has 0 saturated heterocycles. The lowest BCUT2D eigenvalue weighted by Gasteiger charge is -2.28. The highest BCUT2D eigenvalue weighted by Crippen LogP contribution is 1.99. The van der Waals surface area contributed by atoms with E-state index in [1.807, 2.05) is 7.05 Å². The highest BCUT2D eigenvalue weighted by atomic mass is 15.2. The molecule has 1 N–H and O–H groups in total. The zero-order valence-corrected chi connectivity index (χ0v) is 10.5. The molecule has 0 radical (unpaired) electrons. The second kappa shape index (κ2) is 8.21. The van der Waals surface area contributed by atoms with Crippen LogP contribution in [0, 0.1) is 0 Å². The van der Waals surface area contributed by atoms with E-state index in [2.05, 4.69) is 43.1 Å². The zero-order chi connectivity index (χ0) is 11.0. The van der Waals surface area contributed by atoms with Crippen molar-refractivity contribution < 1.29 is 0 Å². The Morgan fingerprint density at radius 2 is 1.86 bits per heavy atom. The van der Waals surface area contributed by atoms with Crippen LogP contribution in [0.2, 0.25) is 0 Å². The molecule has 1 atom stereocenters. The molecule has 1 unspecified atom stereocenters. The van der Waals surface area contributed by atoms with Gasteiger partial charge in [-0.1, -0.05) is 6.92 Å². The summed E-state index contributed by atoms with van der Waals surface area (Å²) in [5, 5.41) is 3.23. The van der Waals surface area contributed by atoms with E-state index in [1.54, 1.807) is 0 Å². The molecule has 0 spiro atoms. The molecule has 14 heavy (non-hydrogen) atoms. The Morgan fingerprint density at radius 1 is 1.21 bits per heavy atom. The van der Waals surface area contributed by atoms with Gasteiger partial charge in [0.15, 0.2) is 0 Å². The van der Waals surface area contributed by atoms with Gasteiger partial charge in [-0.25, -0.2) is 0 Å². The first-order chi connectivity index (χ1) is 6.61. The third-order valence-electron chi connectivity index (χ3n) is 2.58. The topological polar surface area (TPSA) is 18.5 Å². The first-order valence-electron chi connectivity index (χ1n) is 5.65. The lowest BCUT2D eigenvalue weighted by molar-refractivity contribution is 0.206. The molecule has 3 nitrogen and oxygen atoms in total. The van der Waals surface area contributed by atoms with Gasteiger partial charge in [0.1, 0.15) is 0 Å². The van der Waals surface area contributed by atoms with Crippen molar-refractivity contribution >= 4 is 0 Å². The molecule has 0 aliphatic heterocycles. The average molecular weight is 201 g/mol. The molecule has 0 aromatic rings. The van der Waals surface area contributed by atoms with Crippen LogP contribution in [0.1, 0.15) is 20.3 Å². The number of rotatable bonds is 8. The fourth-order valence-corrected chi connectivity index (χ4v) is 1.70. The van der Waals surface area contributed by atoms with Crippen LogP contribution >= 0.6 is 0 Å². The summed E-state index contributed by atoms with van der Waals surface area (Å²) >= 11 is 0.